The highest BCUT2D eigenvalue weighted by atomic mass is 32.1. The molecular formula is C12H21N3OS. The van der Waals surface area contributed by atoms with Crippen LogP contribution in [0.2, 0.25) is 0 Å². The van der Waals surface area contributed by atoms with Crippen molar-refractivity contribution in [1.82, 2.24) is 15.2 Å². The first kappa shape index (κ1) is 13.0. The quantitative estimate of drug-likeness (QED) is 0.846. The van der Waals surface area contributed by atoms with E-state index in [0.717, 1.165) is 30.9 Å². The van der Waals surface area contributed by atoms with Crippen LogP contribution in [0, 0.1) is 5.92 Å². The van der Waals surface area contributed by atoms with Gasteiger partial charge >= 0.3 is 0 Å². The van der Waals surface area contributed by atoms with Crippen LogP contribution in [0.1, 0.15) is 24.0 Å². The molecule has 1 aromatic rings. The fraction of sp³-hybridized carbons (Fsp3) is 0.750. The number of aliphatic hydroxyl groups is 1. The first-order chi connectivity index (χ1) is 8.22. The predicted octanol–water partition coefficient (Wildman–Crippen LogP) is 1.11. The molecule has 2 unspecified atom stereocenters. The number of hydrogen-bond acceptors (Lipinski definition) is 5. The SMILES string of the molecule is CNC(C1CCN(C)CC1)C(O)c1nccs1. The summed E-state index contributed by atoms with van der Waals surface area (Å²) in [6, 6.07) is 0.120. The maximum absolute atomic E-state index is 10.4. The van der Waals surface area contributed by atoms with Gasteiger partial charge in [-0.25, -0.2) is 4.98 Å². The number of aliphatic hydroxyl groups excluding tert-OH is 1. The molecule has 1 aliphatic heterocycles. The Kier molecular flexibility index (Phi) is 4.50. The smallest absolute Gasteiger partial charge is 0.123 e. The van der Waals surface area contributed by atoms with Crippen molar-refractivity contribution in [2.45, 2.75) is 25.0 Å². The standard InChI is InChI=1S/C12H21N3OS/c1-13-10(9-3-6-15(2)7-4-9)11(16)12-14-5-8-17-12/h5,8-11,13,16H,3-4,6-7H2,1-2H3. The summed E-state index contributed by atoms with van der Waals surface area (Å²) >= 11 is 1.53. The van der Waals surface area contributed by atoms with Crippen LogP contribution in [-0.4, -0.2) is 48.2 Å². The van der Waals surface area contributed by atoms with Crippen molar-refractivity contribution in [3.63, 3.8) is 0 Å². The molecule has 0 saturated carbocycles. The van der Waals surface area contributed by atoms with Gasteiger partial charge in [0, 0.05) is 17.6 Å². The second kappa shape index (κ2) is 5.91. The molecule has 0 aromatic carbocycles. The molecule has 0 amide bonds. The molecule has 2 rings (SSSR count). The molecule has 96 valence electrons. The minimum atomic E-state index is -0.478. The molecule has 2 heterocycles. The van der Waals surface area contributed by atoms with E-state index >= 15 is 0 Å². The molecule has 2 N–H and O–H groups in total. The first-order valence-corrected chi connectivity index (χ1v) is 7.03. The summed E-state index contributed by atoms with van der Waals surface area (Å²) in [6.07, 6.45) is 3.56. The lowest BCUT2D eigenvalue weighted by Crippen LogP contribution is -2.44. The van der Waals surface area contributed by atoms with Gasteiger partial charge in [0.15, 0.2) is 0 Å². The number of hydrogen-bond donors (Lipinski definition) is 2. The van der Waals surface area contributed by atoms with Crippen LogP contribution in [-0.2, 0) is 0 Å². The summed E-state index contributed by atoms with van der Waals surface area (Å²) < 4.78 is 0. The highest BCUT2D eigenvalue weighted by Gasteiger charge is 2.31. The minimum absolute atomic E-state index is 0.120. The van der Waals surface area contributed by atoms with E-state index in [1.165, 1.54) is 11.3 Å². The highest BCUT2D eigenvalue weighted by Crippen LogP contribution is 2.29. The van der Waals surface area contributed by atoms with Crippen LogP contribution in [0.15, 0.2) is 11.6 Å². The summed E-state index contributed by atoms with van der Waals surface area (Å²) in [5, 5.41) is 16.4. The van der Waals surface area contributed by atoms with Crippen molar-refractivity contribution >= 4 is 11.3 Å². The lowest BCUT2D eigenvalue weighted by Gasteiger charge is -2.35. The van der Waals surface area contributed by atoms with Gasteiger partial charge in [-0.15, -0.1) is 11.3 Å². The van der Waals surface area contributed by atoms with Gasteiger partial charge in [-0.3, -0.25) is 0 Å². The number of likely N-dealkylation sites (N-methyl/N-ethyl adjacent to an activating group) is 1. The number of piperidine rings is 1. The normalized spacial score (nSPS) is 22.5. The summed E-state index contributed by atoms with van der Waals surface area (Å²) in [4.78, 5) is 6.56. The summed E-state index contributed by atoms with van der Waals surface area (Å²) in [5.74, 6) is 0.537. The Morgan fingerprint density at radius 2 is 2.24 bits per heavy atom. The van der Waals surface area contributed by atoms with Crippen LogP contribution in [0.5, 0.6) is 0 Å². The van der Waals surface area contributed by atoms with Gasteiger partial charge in [-0.1, -0.05) is 0 Å². The van der Waals surface area contributed by atoms with Crippen molar-refractivity contribution in [2.75, 3.05) is 27.2 Å². The lowest BCUT2D eigenvalue weighted by atomic mass is 9.86. The van der Waals surface area contributed by atoms with Gasteiger partial charge in [0.05, 0.1) is 0 Å². The zero-order chi connectivity index (χ0) is 12.3. The van der Waals surface area contributed by atoms with Crippen LogP contribution < -0.4 is 5.32 Å². The van der Waals surface area contributed by atoms with Crippen molar-refractivity contribution in [3.8, 4) is 0 Å². The molecule has 0 aliphatic carbocycles. The number of likely N-dealkylation sites (tertiary alicyclic amines) is 1. The monoisotopic (exact) mass is 255 g/mol. The molecule has 4 nitrogen and oxygen atoms in total. The second-order valence-electron chi connectivity index (χ2n) is 4.77. The van der Waals surface area contributed by atoms with Crippen molar-refractivity contribution in [3.05, 3.63) is 16.6 Å². The summed E-state index contributed by atoms with van der Waals surface area (Å²) in [6.45, 7) is 2.24. The molecule has 1 aliphatic rings. The molecule has 0 bridgehead atoms. The first-order valence-electron chi connectivity index (χ1n) is 6.15. The van der Waals surface area contributed by atoms with E-state index in [2.05, 4.69) is 22.2 Å². The predicted molar refractivity (Wildman–Crippen MR) is 70.1 cm³/mol. The van der Waals surface area contributed by atoms with Gasteiger partial charge in [0.25, 0.3) is 0 Å². The van der Waals surface area contributed by atoms with E-state index in [1.54, 1.807) is 6.20 Å². The van der Waals surface area contributed by atoms with E-state index < -0.39 is 6.10 Å². The second-order valence-corrected chi connectivity index (χ2v) is 5.70. The average molecular weight is 255 g/mol. The van der Waals surface area contributed by atoms with Crippen molar-refractivity contribution < 1.29 is 5.11 Å². The molecule has 1 fully saturated rings. The van der Waals surface area contributed by atoms with Gasteiger partial charge in [0.2, 0.25) is 0 Å². The van der Waals surface area contributed by atoms with Crippen molar-refractivity contribution in [2.24, 2.45) is 5.92 Å². The van der Waals surface area contributed by atoms with Crippen LogP contribution in [0.3, 0.4) is 0 Å². The molecule has 1 aromatic heterocycles. The molecule has 1 saturated heterocycles. The number of aromatic nitrogens is 1. The number of thiazole rings is 1. The topological polar surface area (TPSA) is 48.4 Å². The van der Waals surface area contributed by atoms with Crippen LogP contribution in [0.4, 0.5) is 0 Å². The molecular weight excluding hydrogens is 234 g/mol. The number of rotatable bonds is 4. The fourth-order valence-electron chi connectivity index (χ4n) is 2.57. The Morgan fingerprint density at radius 3 is 2.76 bits per heavy atom. The van der Waals surface area contributed by atoms with E-state index in [-0.39, 0.29) is 6.04 Å². The third kappa shape index (κ3) is 3.04. The Morgan fingerprint density at radius 1 is 1.53 bits per heavy atom. The average Bonchev–Trinajstić information content (AvgIpc) is 2.86. The van der Waals surface area contributed by atoms with Crippen LogP contribution in [0.25, 0.3) is 0 Å². The van der Waals surface area contributed by atoms with Gasteiger partial charge in [0.1, 0.15) is 11.1 Å². The summed E-state index contributed by atoms with van der Waals surface area (Å²) in [7, 11) is 4.08. The Labute approximate surface area is 107 Å². The third-order valence-corrected chi connectivity index (χ3v) is 4.50. The minimum Gasteiger partial charge on any atom is -0.384 e. The number of nitrogens with zero attached hydrogens (tertiary/aromatic N) is 2. The van der Waals surface area contributed by atoms with E-state index in [4.69, 9.17) is 0 Å². The zero-order valence-electron chi connectivity index (χ0n) is 10.5. The van der Waals surface area contributed by atoms with E-state index in [9.17, 15) is 5.11 Å². The van der Waals surface area contributed by atoms with Crippen LogP contribution >= 0.6 is 11.3 Å². The number of nitrogens with one attached hydrogen (secondary N) is 1. The zero-order valence-corrected chi connectivity index (χ0v) is 11.3. The highest BCUT2D eigenvalue weighted by molar-refractivity contribution is 7.09. The molecule has 5 heteroatoms. The maximum atomic E-state index is 10.4. The third-order valence-electron chi connectivity index (χ3n) is 3.65. The molecule has 0 spiro atoms. The Balaban J connectivity index is 2.01. The van der Waals surface area contributed by atoms with Gasteiger partial charge in [-0.05, 0) is 45.9 Å². The molecule has 2 atom stereocenters. The molecule has 17 heavy (non-hydrogen) atoms. The largest absolute Gasteiger partial charge is 0.384 e. The van der Waals surface area contributed by atoms with Gasteiger partial charge in [-0.2, -0.15) is 0 Å². The lowest BCUT2D eigenvalue weighted by molar-refractivity contribution is 0.0750. The van der Waals surface area contributed by atoms with E-state index in [0.29, 0.717) is 5.92 Å². The maximum Gasteiger partial charge on any atom is 0.123 e. The van der Waals surface area contributed by atoms with E-state index in [1.807, 2.05) is 12.4 Å². The molecule has 0 radical (unpaired) electrons. The van der Waals surface area contributed by atoms with Gasteiger partial charge < -0.3 is 15.3 Å². The Bertz CT molecular complexity index is 323. The summed E-state index contributed by atoms with van der Waals surface area (Å²) in [5.41, 5.74) is 0. The van der Waals surface area contributed by atoms with Crippen molar-refractivity contribution in [1.29, 1.82) is 0 Å². The Hall–Kier alpha value is -0.490. The fourth-order valence-corrected chi connectivity index (χ4v) is 3.24.